The summed E-state index contributed by atoms with van der Waals surface area (Å²) >= 11 is 0. The van der Waals surface area contributed by atoms with Crippen molar-refractivity contribution in [1.82, 2.24) is 15.1 Å². The molecule has 128 valence electrons. The third-order valence-electron chi connectivity index (χ3n) is 3.76. The molecule has 0 spiro atoms. The van der Waals surface area contributed by atoms with E-state index in [0.29, 0.717) is 29.1 Å². The number of hydrogen-bond donors (Lipinski definition) is 2. The van der Waals surface area contributed by atoms with Gasteiger partial charge in [0.15, 0.2) is 0 Å². The highest BCUT2D eigenvalue weighted by Crippen LogP contribution is 2.18. The van der Waals surface area contributed by atoms with Crippen molar-refractivity contribution in [3.63, 3.8) is 0 Å². The Bertz CT molecular complexity index is 753. The van der Waals surface area contributed by atoms with E-state index in [-0.39, 0.29) is 24.2 Å². The van der Waals surface area contributed by atoms with Gasteiger partial charge in [-0.05, 0) is 51.5 Å². The van der Waals surface area contributed by atoms with Crippen LogP contribution in [0.15, 0.2) is 24.3 Å². The first kappa shape index (κ1) is 17.7. The summed E-state index contributed by atoms with van der Waals surface area (Å²) in [5, 5.41) is 15.8. The minimum atomic E-state index is -0.896. The van der Waals surface area contributed by atoms with Crippen LogP contribution in [-0.4, -0.2) is 32.8 Å². The summed E-state index contributed by atoms with van der Waals surface area (Å²) in [7, 11) is 0. The first-order valence-electron chi connectivity index (χ1n) is 7.64. The number of rotatable bonds is 6. The van der Waals surface area contributed by atoms with E-state index in [9.17, 15) is 14.0 Å². The zero-order valence-electron chi connectivity index (χ0n) is 13.8. The van der Waals surface area contributed by atoms with Gasteiger partial charge in [0.2, 0.25) is 0 Å². The van der Waals surface area contributed by atoms with Crippen LogP contribution in [0.25, 0.3) is 5.69 Å². The van der Waals surface area contributed by atoms with Crippen LogP contribution in [0.2, 0.25) is 0 Å². The van der Waals surface area contributed by atoms with Crippen molar-refractivity contribution < 1.29 is 19.1 Å². The highest BCUT2D eigenvalue weighted by atomic mass is 19.1. The predicted molar refractivity (Wildman–Crippen MR) is 86.8 cm³/mol. The summed E-state index contributed by atoms with van der Waals surface area (Å²) in [4.78, 5) is 23.1. The maximum Gasteiger partial charge on any atom is 0.303 e. The van der Waals surface area contributed by atoms with Crippen LogP contribution in [0.4, 0.5) is 4.39 Å². The lowest BCUT2D eigenvalue weighted by Gasteiger charge is -2.13. The summed E-state index contributed by atoms with van der Waals surface area (Å²) in [5.74, 6) is -1.53. The number of hydrogen-bond acceptors (Lipinski definition) is 3. The van der Waals surface area contributed by atoms with Gasteiger partial charge in [0.1, 0.15) is 5.82 Å². The largest absolute Gasteiger partial charge is 0.481 e. The van der Waals surface area contributed by atoms with Crippen LogP contribution >= 0.6 is 0 Å². The van der Waals surface area contributed by atoms with Gasteiger partial charge < -0.3 is 10.4 Å². The number of amides is 1. The normalized spacial score (nSPS) is 12.0. The number of aryl methyl sites for hydroxylation is 1. The van der Waals surface area contributed by atoms with Crippen LogP contribution in [0, 0.1) is 19.7 Å². The van der Waals surface area contributed by atoms with E-state index in [2.05, 4.69) is 10.4 Å². The van der Waals surface area contributed by atoms with Gasteiger partial charge >= 0.3 is 5.97 Å². The number of nitrogens with one attached hydrogen (secondary N) is 1. The highest BCUT2D eigenvalue weighted by Gasteiger charge is 2.21. The van der Waals surface area contributed by atoms with E-state index in [0.717, 1.165) is 0 Å². The van der Waals surface area contributed by atoms with Gasteiger partial charge in [0.05, 0.1) is 22.6 Å². The van der Waals surface area contributed by atoms with E-state index in [1.807, 2.05) is 0 Å². The van der Waals surface area contributed by atoms with Crippen molar-refractivity contribution in [1.29, 1.82) is 0 Å². The van der Waals surface area contributed by atoms with Crippen molar-refractivity contribution in [2.45, 2.75) is 39.7 Å². The molecule has 0 saturated carbocycles. The molecule has 0 saturated heterocycles. The van der Waals surface area contributed by atoms with Crippen LogP contribution in [-0.2, 0) is 4.79 Å². The zero-order chi connectivity index (χ0) is 17.9. The number of aliphatic carboxylic acids is 1. The molecule has 1 aromatic carbocycles. The Morgan fingerprint density at radius 2 is 1.92 bits per heavy atom. The lowest BCUT2D eigenvalue weighted by Crippen LogP contribution is -2.33. The molecular formula is C17H20FN3O3. The second-order valence-electron chi connectivity index (χ2n) is 5.74. The lowest BCUT2D eigenvalue weighted by molar-refractivity contribution is -0.137. The third kappa shape index (κ3) is 3.98. The SMILES string of the molecule is Cc1nn(-c2ccc(F)cc2)c(C)c1C(=O)NC(C)CCC(=O)O. The Kier molecular flexibility index (Phi) is 5.33. The molecule has 1 atom stereocenters. The maximum atomic E-state index is 13.1. The Hall–Kier alpha value is -2.70. The summed E-state index contributed by atoms with van der Waals surface area (Å²) in [6, 6.07) is 5.58. The lowest BCUT2D eigenvalue weighted by atomic mass is 10.1. The van der Waals surface area contributed by atoms with Crippen LogP contribution < -0.4 is 5.32 Å². The number of halogens is 1. The Balaban J connectivity index is 2.20. The van der Waals surface area contributed by atoms with E-state index in [4.69, 9.17) is 5.11 Å². The van der Waals surface area contributed by atoms with E-state index >= 15 is 0 Å². The number of benzene rings is 1. The summed E-state index contributed by atoms with van der Waals surface area (Å²) in [6.07, 6.45) is 0.347. The molecule has 1 heterocycles. The Morgan fingerprint density at radius 3 is 2.50 bits per heavy atom. The van der Waals surface area contributed by atoms with Crippen molar-refractivity contribution in [3.05, 3.63) is 47.0 Å². The molecule has 0 fully saturated rings. The van der Waals surface area contributed by atoms with Crippen LogP contribution in [0.5, 0.6) is 0 Å². The summed E-state index contributed by atoms with van der Waals surface area (Å²) in [6.45, 7) is 5.25. The first-order chi connectivity index (χ1) is 11.3. The monoisotopic (exact) mass is 333 g/mol. The smallest absolute Gasteiger partial charge is 0.303 e. The fourth-order valence-electron chi connectivity index (χ4n) is 2.51. The molecule has 0 aliphatic heterocycles. The third-order valence-corrected chi connectivity index (χ3v) is 3.76. The molecular weight excluding hydrogens is 313 g/mol. The molecule has 1 aromatic heterocycles. The molecule has 6 nitrogen and oxygen atoms in total. The van der Waals surface area contributed by atoms with Crippen molar-refractivity contribution in [3.8, 4) is 5.69 Å². The minimum Gasteiger partial charge on any atom is -0.481 e. The highest BCUT2D eigenvalue weighted by molar-refractivity contribution is 5.96. The average molecular weight is 333 g/mol. The Morgan fingerprint density at radius 1 is 1.29 bits per heavy atom. The number of carboxylic acid groups (broad SMARTS) is 1. The average Bonchev–Trinajstić information content (AvgIpc) is 2.81. The fraction of sp³-hybridized carbons (Fsp3) is 0.353. The molecule has 1 amide bonds. The van der Waals surface area contributed by atoms with Crippen molar-refractivity contribution in [2.24, 2.45) is 0 Å². The maximum absolute atomic E-state index is 13.1. The molecule has 2 rings (SSSR count). The number of carbonyl (C=O) groups is 2. The second kappa shape index (κ2) is 7.25. The van der Waals surface area contributed by atoms with Gasteiger partial charge in [-0.25, -0.2) is 9.07 Å². The fourth-order valence-corrected chi connectivity index (χ4v) is 2.51. The van der Waals surface area contributed by atoms with Gasteiger partial charge in [0, 0.05) is 12.5 Å². The van der Waals surface area contributed by atoms with E-state index < -0.39 is 5.97 Å². The van der Waals surface area contributed by atoms with Gasteiger partial charge in [-0.15, -0.1) is 0 Å². The van der Waals surface area contributed by atoms with Gasteiger partial charge in [0.25, 0.3) is 5.91 Å². The van der Waals surface area contributed by atoms with E-state index in [1.54, 1.807) is 37.6 Å². The van der Waals surface area contributed by atoms with E-state index in [1.165, 1.54) is 12.1 Å². The number of nitrogens with zero attached hydrogens (tertiary/aromatic N) is 2. The number of carbonyl (C=O) groups excluding carboxylic acids is 1. The minimum absolute atomic E-state index is 0.00570. The molecule has 24 heavy (non-hydrogen) atoms. The quantitative estimate of drug-likeness (QED) is 0.851. The zero-order valence-corrected chi connectivity index (χ0v) is 13.8. The molecule has 0 aliphatic carbocycles. The number of carboxylic acids is 1. The molecule has 2 aromatic rings. The predicted octanol–water partition coefficient (Wildman–Crippen LogP) is 2.61. The summed E-state index contributed by atoms with van der Waals surface area (Å²) in [5.41, 5.74) is 2.30. The van der Waals surface area contributed by atoms with Crippen molar-refractivity contribution >= 4 is 11.9 Å². The van der Waals surface area contributed by atoms with Gasteiger partial charge in [-0.1, -0.05) is 0 Å². The number of aromatic nitrogens is 2. The van der Waals surface area contributed by atoms with Crippen LogP contribution in [0.3, 0.4) is 0 Å². The summed E-state index contributed by atoms with van der Waals surface area (Å²) < 4.78 is 14.6. The topological polar surface area (TPSA) is 84.2 Å². The van der Waals surface area contributed by atoms with Gasteiger partial charge in [-0.2, -0.15) is 5.10 Å². The Labute approximate surface area is 139 Å². The molecule has 7 heteroatoms. The first-order valence-corrected chi connectivity index (χ1v) is 7.64. The molecule has 0 bridgehead atoms. The molecule has 1 unspecified atom stereocenters. The molecule has 2 N–H and O–H groups in total. The standard InChI is InChI=1S/C17H20FN3O3/c1-10(4-9-15(22)23)19-17(24)16-11(2)20-21(12(16)3)14-7-5-13(18)6-8-14/h5-8,10H,4,9H2,1-3H3,(H,19,24)(H,22,23). The molecule has 0 radical (unpaired) electrons. The van der Waals surface area contributed by atoms with Crippen LogP contribution in [0.1, 0.15) is 41.5 Å². The van der Waals surface area contributed by atoms with Gasteiger partial charge in [-0.3, -0.25) is 9.59 Å². The van der Waals surface area contributed by atoms with Crippen molar-refractivity contribution in [2.75, 3.05) is 0 Å². The second-order valence-corrected chi connectivity index (χ2v) is 5.74. The molecule has 0 aliphatic rings.